The van der Waals surface area contributed by atoms with Crippen molar-refractivity contribution < 1.29 is 9.53 Å². The first-order valence-electron chi connectivity index (χ1n) is 7.99. The normalized spacial score (nSPS) is 17.4. The van der Waals surface area contributed by atoms with E-state index in [0.717, 1.165) is 18.6 Å². The highest BCUT2D eigenvalue weighted by Gasteiger charge is 2.35. The molecule has 1 saturated carbocycles. The first-order chi connectivity index (χ1) is 10.1. The fourth-order valence-corrected chi connectivity index (χ4v) is 4.43. The SMILES string of the molecule is CCOC(=O)CC1(SCc2ccc(C)cc2)CCCCC1. The highest BCUT2D eigenvalue weighted by Crippen LogP contribution is 2.44. The molecule has 3 heteroatoms. The van der Waals surface area contributed by atoms with Gasteiger partial charge in [0.2, 0.25) is 0 Å². The Morgan fingerprint density at radius 3 is 2.48 bits per heavy atom. The lowest BCUT2D eigenvalue weighted by Crippen LogP contribution is -2.32. The second-order valence-corrected chi connectivity index (χ2v) is 7.44. The van der Waals surface area contributed by atoms with Gasteiger partial charge >= 0.3 is 5.97 Å². The molecule has 0 amide bonds. The van der Waals surface area contributed by atoms with Crippen molar-refractivity contribution in [1.29, 1.82) is 0 Å². The van der Waals surface area contributed by atoms with Gasteiger partial charge in [0.1, 0.15) is 0 Å². The fourth-order valence-electron chi connectivity index (χ4n) is 2.96. The van der Waals surface area contributed by atoms with Crippen LogP contribution in [0.1, 0.15) is 56.6 Å². The molecule has 1 aliphatic carbocycles. The number of ether oxygens (including phenoxy) is 1. The molecule has 0 spiro atoms. The quantitative estimate of drug-likeness (QED) is 0.700. The molecule has 1 aromatic carbocycles. The Balaban J connectivity index is 1.98. The third kappa shape index (κ3) is 5.06. The highest BCUT2D eigenvalue weighted by molar-refractivity contribution is 7.99. The Morgan fingerprint density at radius 2 is 1.86 bits per heavy atom. The van der Waals surface area contributed by atoms with Gasteiger partial charge in [0.15, 0.2) is 0 Å². The number of thioether (sulfide) groups is 1. The molecule has 2 nitrogen and oxygen atoms in total. The van der Waals surface area contributed by atoms with Gasteiger partial charge in [-0.05, 0) is 32.3 Å². The molecular formula is C18H26O2S. The summed E-state index contributed by atoms with van der Waals surface area (Å²) in [5, 5.41) is 0. The van der Waals surface area contributed by atoms with E-state index in [-0.39, 0.29) is 10.7 Å². The fraction of sp³-hybridized carbons (Fsp3) is 0.611. The minimum Gasteiger partial charge on any atom is -0.466 e. The summed E-state index contributed by atoms with van der Waals surface area (Å²) in [5.41, 5.74) is 2.64. The summed E-state index contributed by atoms with van der Waals surface area (Å²) in [5.74, 6) is 0.954. The number of benzene rings is 1. The molecule has 0 aliphatic heterocycles. The van der Waals surface area contributed by atoms with Crippen LogP contribution in [-0.2, 0) is 15.3 Å². The number of carbonyl (C=O) groups is 1. The molecular weight excluding hydrogens is 280 g/mol. The van der Waals surface area contributed by atoms with Crippen LogP contribution in [0.3, 0.4) is 0 Å². The number of rotatable bonds is 6. The summed E-state index contributed by atoms with van der Waals surface area (Å²) in [4.78, 5) is 11.9. The number of carbonyl (C=O) groups excluding carboxylic acids is 1. The van der Waals surface area contributed by atoms with Gasteiger partial charge in [0.25, 0.3) is 0 Å². The van der Waals surface area contributed by atoms with Crippen molar-refractivity contribution in [2.45, 2.75) is 62.9 Å². The van der Waals surface area contributed by atoms with Crippen molar-refractivity contribution in [2.24, 2.45) is 0 Å². The van der Waals surface area contributed by atoms with Gasteiger partial charge in [-0.15, -0.1) is 11.8 Å². The molecule has 0 atom stereocenters. The minimum atomic E-state index is -0.0317. The van der Waals surface area contributed by atoms with Gasteiger partial charge in [-0.25, -0.2) is 0 Å². The molecule has 2 rings (SSSR count). The van der Waals surface area contributed by atoms with E-state index in [4.69, 9.17) is 4.74 Å². The van der Waals surface area contributed by atoms with Gasteiger partial charge in [0.05, 0.1) is 13.0 Å². The van der Waals surface area contributed by atoms with Crippen LogP contribution < -0.4 is 0 Å². The van der Waals surface area contributed by atoms with Crippen LogP contribution in [0, 0.1) is 6.92 Å². The number of hydrogen-bond donors (Lipinski definition) is 0. The van der Waals surface area contributed by atoms with Crippen molar-refractivity contribution in [3.63, 3.8) is 0 Å². The van der Waals surface area contributed by atoms with E-state index >= 15 is 0 Å². The van der Waals surface area contributed by atoms with Crippen molar-refractivity contribution in [3.05, 3.63) is 35.4 Å². The summed E-state index contributed by atoms with van der Waals surface area (Å²) in [7, 11) is 0. The zero-order valence-electron chi connectivity index (χ0n) is 13.2. The van der Waals surface area contributed by atoms with Gasteiger partial charge < -0.3 is 4.74 Å². The molecule has 0 N–H and O–H groups in total. The zero-order valence-corrected chi connectivity index (χ0v) is 14.0. The molecule has 0 bridgehead atoms. The van der Waals surface area contributed by atoms with Crippen molar-refractivity contribution in [3.8, 4) is 0 Å². The van der Waals surface area contributed by atoms with E-state index in [2.05, 4.69) is 31.2 Å². The first kappa shape index (κ1) is 16.4. The van der Waals surface area contributed by atoms with E-state index in [1.54, 1.807) is 0 Å². The third-order valence-corrected chi connectivity index (χ3v) is 5.84. The predicted octanol–water partition coefficient (Wildman–Crippen LogP) is 4.88. The molecule has 0 radical (unpaired) electrons. The Morgan fingerprint density at radius 1 is 1.19 bits per heavy atom. The van der Waals surface area contributed by atoms with Crippen LogP contribution in [0.4, 0.5) is 0 Å². The van der Waals surface area contributed by atoms with E-state index in [1.165, 1.54) is 30.4 Å². The second kappa shape index (κ2) is 7.88. The van der Waals surface area contributed by atoms with Gasteiger partial charge in [-0.3, -0.25) is 4.79 Å². The van der Waals surface area contributed by atoms with Gasteiger partial charge in [-0.2, -0.15) is 0 Å². The summed E-state index contributed by atoms with van der Waals surface area (Å²) >= 11 is 1.96. The average Bonchev–Trinajstić information content (AvgIpc) is 2.48. The molecule has 1 fully saturated rings. The lowest BCUT2D eigenvalue weighted by atomic mass is 9.86. The molecule has 21 heavy (non-hydrogen) atoms. The highest BCUT2D eigenvalue weighted by atomic mass is 32.2. The van der Waals surface area contributed by atoms with Crippen molar-refractivity contribution in [1.82, 2.24) is 0 Å². The van der Waals surface area contributed by atoms with Crippen molar-refractivity contribution in [2.75, 3.05) is 6.61 Å². The standard InChI is InChI=1S/C18H26O2S/c1-3-20-17(19)13-18(11-5-4-6-12-18)21-14-16-9-7-15(2)8-10-16/h7-10H,3-6,11-14H2,1-2H3. The predicted molar refractivity (Wildman–Crippen MR) is 89.5 cm³/mol. The third-order valence-electron chi connectivity index (χ3n) is 4.20. The van der Waals surface area contributed by atoms with E-state index < -0.39 is 0 Å². The largest absolute Gasteiger partial charge is 0.466 e. The molecule has 1 aromatic rings. The molecule has 1 aliphatic rings. The van der Waals surface area contributed by atoms with E-state index in [1.807, 2.05) is 18.7 Å². The summed E-state index contributed by atoms with van der Waals surface area (Å²) in [6.07, 6.45) is 6.62. The van der Waals surface area contributed by atoms with Crippen LogP contribution in [0.25, 0.3) is 0 Å². The van der Waals surface area contributed by atoms with Crippen LogP contribution in [0.15, 0.2) is 24.3 Å². The Kier molecular flexibility index (Phi) is 6.16. The maximum Gasteiger partial charge on any atom is 0.307 e. The van der Waals surface area contributed by atoms with Gasteiger partial charge in [0, 0.05) is 10.5 Å². The molecule has 0 heterocycles. The number of hydrogen-bond acceptors (Lipinski definition) is 3. The molecule has 0 saturated heterocycles. The van der Waals surface area contributed by atoms with Crippen LogP contribution >= 0.6 is 11.8 Å². The Hall–Kier alpha value is -0.960. The van der Waals surface area contributed by atoms with Crippen molar-refractivity contribution >= 4 is 17.7 Å². The topological polar surface area (TPSA) is 26.3 Å². The molecule has 116 valence electrons. The maximum atomic E-state index is 11.9. The smallest absolute Gasteiger partial charge is 0.307 e. The van der Waals surface area contributed by atoms with Crippen LogP contribution in [0.2, 0.25) is 0 Å². The van der Waals surface area contributed by atoms with Gasteiger partial charge in [-0.1, -0.05) is 49.1 Å². The Labute approximate surface area is 132 Å². The van der Waals surface area contributed by atoms with E-state index in [0.29, 0.717) is 13.0 Å². The monoisotopic (exact) mass is 306 g/mol. The summed E-state index contributed by atoms with van der Waals surface area (Å²) in [6.45, 7) is 4.47. The average molecular weight is 306 g/mol. The Bertz CT molecular complexity index is 447. The lowest BCUT2D eigenvalue weighted by Gasteiger charge is -2.36. The number of aryl methyl sites for hydroxylation is 1. The number of esters is 1. The first-order valence-corrected chi connectivity index (χ1v) is 8.97. The molecule has 0 aromatic heterocycles. The second-order valence-electron chi connectivity index (χ2n) is 6.00. The minimum absolute atomic E-state index is 0.0317. The molecule has 0 unspecified atom stereocenters. The summed E-state index contributed by atoms with van der Waals surface area (Å²) < 4.78 is 5.28. The van der Waals surface area contributed by atoms with E-state index in [9.17, 15) is 4.79 Å². The van der Waals surface area contributed by atoms with Crippen LogP contribution in [-0.4, -0.2) is 17.3 Å². The lowest BCUT2D eigenvalue weighted by molar-refractivity contribution is -0.144. The maximum absolute atomic E-state index is 11.9. The van der Waals surface area contributed by atoms with Crippen LogP contribution in [0.5, 0.6) is 0 Å². The zero-order chi connectivity index (χ0) is 15.1. The summed E-state index contributed by atoms with van der Waals surface area (Å²) in [6, 6.07) is 8.72.